The Morgan fingerprint density at radius 3 is 2.43 bits per heavy atom. The summed E-state index contributed by atoms with van der Waals surface area (Å²) in [6.45, 7) is 3.00. The number of hydrogen-bond donors (Lipinski definition) is 0. The quantitative estimate of drug-likeness (QED) is 0.631. The van der Waals surface area contributed by atoms with Crippen LogP contribution in [0.4, 0.5) is 5.82 Å². The van der Waals surface area contributed by atoms with Crippen LogP contribution < -0.4 is 4.90 Å². The van der Waals surface area contributed by atoms with Crippen LogP contribution in [-0.4, -0.2) is 55.3 Å². The highest BCUT2D eigenvalue weighted by molar-refractivity contribution is 7.90. The maximum atomic E-state index is 12.4. The Bertz CT molecular complexity index is 1190. The van der Waals surface area contributed by atoms with E-state index in [1.165, 1.54) is 0 Å². The van der Waals surface area contributed by atoms with Gasteiger partial charge in [0.05, 0.1) is 17.2 Å². The van der Waals surface area contributed by atoms with E-state index in [2.05, 4.69) is 19.2 Å². The molecule has 3 heterocycles. The van der Waals surface area contributed by atoms with Crippen LogP contribution in [0.5, 0.6) is 0 Å². The molecule has 2 aliphatic rings. The normalized spacial score (nSPS) is 18.6. The lowest BCUT2D eigenvalue weighted by Gasteiger charge is -2.24. The lowest BCUT2D eigenvalue weighted by Crippen LogP contribution is -2.35. The van der Waals surface area contributed by atoms with Gasteiger partial charge in [0.15, 0.2) is 5.84 Å². The average Bonchev–Trinajstić information content (AvgIpc) is 2.87. The second kappa shape index (κ2) is 6.56. The molecule has 0 aliphatic carbocycles. The van der Waals surface area contributed by atoms with E-state index < -0.39 is 10.0 Å². The first-order valence-electron chi connectivity index (χ1n) is 9.28. The number of nitrogens with zero attached hydrogens (tertiary/aromatic N) is 5. The molecule has 3 aromatic rings. The van der Waals surface area contributed by atoms with Gasteiger partial charge in [-0.1, -0.05) is 24.3 Å². The first-order valence-corrected chi connectivity index (χ1v) is 10.7. The van der Waals surface area contributed by atoms with E-state index in [9.17, 15) is 8.42 Å². The summed E-state index contributed by atoms with van der Waals surface area (Å²) >= 11 is 0. The van der Waals surface area contributed by atoms with Gasteiger partial charge >= 0.3 is 0 Å². The molecule has 0 N–H and O–H groups in total. The molecule has 5 rings (SSSR count). The summed E-state index contributed by atoms with van der Waals surface area (Å²) in [5.41, 5.74) is 2.45. The standard InChI is InChI=1S/C20H19N5O2S/c26-28(27)18-9-4-1-6-15(18)20(23-28)25-11-5-10-24(12-13-25)19-14-21-16-7-2-3-8-17(16)22-19/h1-4,6-9,14H,5,10-13H2. The highest BCUT2D eigenvalue weighted by atomic mass is 32.2. The molecular weight excluding hydrogens is 374 g/mol. The SMILES string of the molecule is O=S1(=O)N=C(N2CCCN(c3cnc4ccccc4n3)CC2)c2ccccc21. The van der Waals surface area contributed by atoms with Crippen LogP contribution in [0, 0.1) is 0 Å². The molecule has 0 saturated carbocycles. The van der Waals surface area contributed by atoms with Gasteiger partial charge in [0, 0.05) is 31.7 Å². The largest absolute Gasteiger partial charge is 0.354 e. The summed E-state index contributed by atoms with van der Waals surface area (Å²) < 4.78 is 28.8. The van der Waals surface area contributed by atoms with Crippen molar-refractivity contribution in [2.24, 2.45) is 4.40 Å². The van der Waals surface area contributed by atoms with Gasteiger partial charge in [-0.25, -0.2) is 4.98 Å². The summed E-state index contributed by atoms with van der Waals surface area (Å²) in [4.78, 5) is 13.8. The minimum Gasteiger partial charge on any atom is -0.354 e. The fourth-order valence-electron chi connectivity index (χ4n) is 3.77. The van der Waals surface area contributed by atoms with Gasteiger partial charge in [0.1, 0.15) is 10.7 Å². The molecule has 0 atom stereocenters. The van der Waals surface area contributed by atoms with E-state index in [1.54, 1.807) is 12.1 Å². The maximum absolute atomic E-state index is 12.4. The Kier molecular flexibility index (Phi) is 4.01. The fraction of sp³-hybridized carbons (Fsp3) is 0.250. The van der Waals surface area contributed by atoms with E-state index in [1.807, 2.05) is 42.6 Å². The smallest absolute Gasteiger partial charge is 0.285 e. The van der Waals surface area contributed by atoms with Crippen molar-refractivity contribution in [2.75, 3.05) is 31.1 Å². The van der Waals surface area contributed by atoms with Crippen LogP contribution in [0.25, 0.3) is 11.0 Å². The molecule has 8 heteroatoms. The van der Waals surface area contributed by atoms with E-state index in [4.69, 9.17) is 4.98 Å². The fourth-order valence-corrected chi connectivity index (χ4v) is 5.00. The Balaban J connectivity index is 1.40. The zero-order valence-electron chi connectivity index (χ0n) is 15.2. The number of hydrogen-bond acceptors (Lipinski definition) is 6. The number of sulfonamides is 1. The van der Waals surface area contributed by atoms with Crippen molar-refractivity contribution < 1.29 is 8.42 Å². The lowest BCUT2D eigenvalue weighted by molar-refractivity contribution is 0.449. The summed E-state index contributed by atoms with van der Waals surface area (Å²) in [6, 6.07) is 14.9. The van der Waals surface area contributed by atoms with E-state index in [0.717, 1.165) is 42.9 Å². The van der Waals surface area contributed by atoms with E-state index in [-0.39, 0.29) is 0 Å². The zero-order valence-corrected chi connectivity index (χ0v) is 16.0. The second-order valence-electron chi connectivity index (χ2n) is 6.93. The van der Waals surface area contributed by atoms with Crippen molar-refractivity contribution >= 4 is 32.7 Å². The van der Waals surface area contributed by atoms with Crippen LogP contribution in [0.15, 0.2) is 64.0 Å². The molecule has 7 nitrogen and oxygen atoms in total. The summed E-state index contributed by atoms with van der Waals surface area (Å²) in [7, 11) is -3.60. The molecule has 0 bridgehead atoms. The van der Waals surface area contributed by atoms with Crippen molar-refractivity contribution in [1.82, 2.24) is 14.9 Å². The minimum atomic E-state index is -3.60. The van der Waals surface area contributed by atoms with Crippen molar-refractivity contribution in [3.05, 3.63) is 60.3 Å². The molecular formula is C20H19N5O2S. The molecule has 28 heavy (non-hydrogen) atoms. The summed E-state index contributed by atoms with van der Waals surface area (Å²) in [5, 5.41) is 0. The van der Waals surface area contributed by atoms with Crippen LogP contribution in [0.1, 0.15) is 12.0 Å². The third-order valence-corrected chi connectivity index (χ3v) is 6.49. The van der Waals surface area contributed by atoms with Crippen LogP contribution >= 0.6 is 0 Å². The number of fused-ring (bicyclic) bond motifs is 2. The first kappa shape index (κ1) is 17.1. The van der Waals surface area contributed by atoms with Crippen molar-refractivity contribution in [1.29, 1.82) is 0 Å². The molecule has 0 amide bonds. The average molecular weight is 393 g/mol. The number of para-hydroxylation sites is 2. The number of amidine groups is 1. The number of rotatable bonds is 1. The second-order valence-corrected chi connectivity index (χ2v) is 8.50. The minimum absolute atomic E-state index is 0.298. The van der Waals surface area contributed by atoms with Gasteiger partial charge in [0.2, 0.25) is 0 Å². The molecule has 142 valence electrons. The zero-order chi connectivity index (χ0) is 19.1. The topological polar surface area (TPSA) is 78.8 Å². The van der Waals surface area contributed by atoms with Gasteiger partial charge in [0.25, 0.3) is 10.0 Å². The van der Waals surface area contributed by atoms with E-state index in [0.29, 0.717) is 22.8 Å². The Morgan fingerprint density at radius 1 is 0.821 bits per heavy atom. The van der Waals surface area contributed by atoms with Crippen molar-refractivity contribution in [3.8, 4) is 0 Å². The number of anilines is 1. The monoisotopic (exact) mass is 393 g/mol. The van der Waals surface area contributed by atoms with Crippen LogP contribution in [-0.2, 0) is 10.0 Å². The molecule has 0 spiro atoms. The molecule has 1 saturated heterocycles. The first-order chi connectivity index (χ1) is 13.6. The molecule has 0 radical (unpaired) electrons. The molecule has 2 aromatic carbocycles. The van der Waals surface area contributed by atoms with Crippen molar-refractivity contribution in [3.63, 3.8) is 0 Å². The predicted molar refractivity (Wildman–Crippen MR) is 108 cm³/mol. The Hall–Kier alpha value is -3.00. The Morgan fingerprint density at radius 2 is 1.54 bits per heavy atom. The molecule has 0 unspecified atom stereocenters. The van der Waals surface area contributed by atoms with Gasteiger partial charge < -0.3 is 9.80 Å². The lowest BCUT2D eigenvalue weighted by atomic mass is 10.2. The summed E-state index contributed by atoms with van der Waals surface area (Å²) in [6.07, 6.45) is 2.70. The molecule has 1 aromatic heterocycles. The van der Waals surface area contributed by atoms with E-state index >= 15 is 0 Å². The van der Waals surface area contributed by atoms with Crippen LogP contribution in [0.2, 0.25) is 0 Å². The predicted octanol–water partition coefficient (Wildman–Crippen LogP) is 2.29. The third-order valence-electron chi connectivity index (χ3n) is 5.17. The highest BCUT2D eigenvalue weighted by Crippen LogP contribution is 2.28. The molecule has 1 fully saturated rings. The van der Waals surface area contributed by atoms with Gasteiger partial charge in [-0.15, -0.1) is 4.40 Å². The third kappa shape index (κ3) is 2.90. The summed E-state index contributed by atoms with van der Waals surface area (Å²) in [5.74, 6) is 1.41. The number of aromatic nitrogens is 2. The number of benzene rings is 2. The van der Waals surface area contributed by atoms with Crippen LogP contribution in [0.3, 0.4) is 0 Å². The highest BCUT2D eigenvalue weighted by Gasteiger charge is 2.32. The van der Waals surface area contributed by atoms with Crippen molar-refractivity contribution in [2.45, 2.75) is 11.3 Å². The van der Waals surface area contributed by atoms with Gasteiger partial charge in [-0.2, -0.15) is 8.42 Å². The molecule has 2 aliphatic heterocycles. The van der Waals surface area contributed by atoms with Gasteiger partial charge in [-0.05, 0) is 30.7 Å². The Labute approximate surface area is 163 Å². The van der Waals surface area contributed by atoms with Gasteiger partial charge in [-0.3, -0.25) is 4.98 Å². The maximum Gasteiger partial charge on any atom is 0.285 e.